The zero-order chi connectivity index (χ0) is 19.4. The first-order valence-electron chi connectivity index (χ1n) is 8.99. The number of hydrogen-bond donors (Lipinski definition) is 1. The van der Waals surface area contributed by atoms with Gasteiger partial charge in [-0.05, 0) is 61.2 Å². The highest BCUT2D eigenvalue weighted by atomic mass is 32.2. The summed E-state index contributed by atoms with van der Waals surface area (Å²) in [7, 11) is -3.31. The third-order valence-corrected chi connectivity index (χ3v) is 5.66. The van der Waals surface area contributed by atoms with Gasteiger partial charge < -0.3 is 10.1 Å². The number of amides is 1. The predicted molar refractivity (Wildman–Crippen MR) is 106 cm³/mol. The van der Waals surface area contributed by atoms with E-state index in [0.717, 1.165) is 29.7 Å². The average molecular weight is 388 g/mol. The number of fused-ring (bicyclic) bond motifs is 1. The molecule has 1 N–H and O–H groups in total. The SMILES string of the molecule is CCOc1cccc(CNC(=O)c2ccc3c(c2)CCCN3S(C)(=O)=O)c1. The van der Waals surface area contributed by atoms with Gasteiger partial charge in [0, 0.05) is 18.7 Å². The molecule has 2 aromatic rings. The Morgan fingerprint density at radius 2 is 2.04 bits per heavy atom. The molecule has 0 saturated carbocycles. The lowest BCUT2D eigenvalue weighted by Crippen LogP contribution is -2.34. The summed E-state index contributed by atoms with van der Waals surface area (Å²) in [6, 6.07) is 12.8. The van der Waals surface area contributed by atoms with Gasteiger partial charge in [0.05, 0.1) is 18.6 Å². The Hall–Kier alpha value is -2.54. The first-order valence-corrected chi connectivity index (χ1v) is 10.8. The molecule has 1 heterocycles. The molecule has 0 aromatic heterocycles. The fraction of sp³-hybridized carbons (Fsp3) is 0.350. The van der Waals surface area contributed by atoms with E-state index in [0.29, 0.717) is 30.9 Å². The molecule has 27 heavy (non-hydrogen) atoms. The predicted octanol–water partition coefficient (Wildman–Crippen LogP) is 2.73. The van der Waals surface area contributed by atoms with E-state index in [9.17, 15) is 13.2 Å². The second kappa shape index (κ2) is 8.00. The van der Waals surface area contributed by atoms with Crippen molar-refractivity contribution in [1.29, 1.82) is 0 Å². The molecule has 1 amide bonds. The van der Waals surface area contributed by atoms with Crippen LogP contribution in [0.4, 0.5) is 5.69 Å². The van der Waals surface area contributed by atoms with Crippen LogP contribution in [-0.4, -0.2) is 33.7 Å². The van der Waals surface area contributed by atoms with Gasteiger partial charge in [-0.25, -0.2) is 8.42 Å². The van der Waals surface area contributed by atoms with E-state index in [4.69, 9.17) is 4.74 Å². The van der Waals surface area contributed by atoms with Crippen LogP contribution in [0.2, 0.25) is 0 Å². The van der Waals surface area contributed by atoms with E-state index in [1.165, 1.54) is 10.6 Å². The normalized spacial score (nSPS) is 13.8. The van der Waals surface area contributed by atoms with Crippen molar-refractivity contribution >= 4 is 21.6 Å². The number of benzene rings is 2. The Bertz CT molecular complexity index is 941. The lowest BCUT2D eigenvalue weighted by molar-refractivity contribution is 0.0950. The minimum Gasteiger partial charge on any atom is -0.494 e. The van der Waals surface area contributed by atoms with Crippen molar-refractivity contribution in [3.63, 3.8) is 0 Å². The number of anilines is 1. The second-order valence-electron chi connectivity index (χ2n) is 6.55. The molecule has 0 atom stereocenters. The van der Waals surface area contributed by atoms with Crippen molar-refractivity contribution in [2.75, 3.05) is 23.7 Å². The van der Waals surface area contributed by atoms with Crippen molar-refractivity contribution in [3.8, 4) is 5.75 Å². The maximum Gasteiger partial charge on any atom is 0.251 e. The molecule has 0 saturated heterocycles. The molecule has 7 heteroatoms. The minimum atomic E-state index is -3.31. The lowest BCUT2D eigenvalue weighted by Gasteiger charge is -2.29. The molecule has 1 aliphatic rings. The van der Waals surface area contributed by atoms with Gasteiger partial charge in [0.25, 0.3) is 5.91 Å². The number of sulfonamides is 1. The van der Waals surface area contributed by atoms with Gasteiger partial charge >= 0.3 is 0 Å². The molecule has 2 aromatic carbocycles. The van der Waals surface area contributed by atoms with Gasteiger partial charge in [0.2, 0.25) is 10.0 Å². The zero-order valence-electron chi connectivity index (χ0n) is 15.6. The number of carbonyl (C=O) groups excluding carboxylic acids is 1. The fourth-order valence-electron chi connectivity index (χ4n) is 3.24. The van der Waals surface area contributed by atoms with Crippen molar-refractivity contribution < 1.29 is 17.9 Å². The van der Waals surface area contributed by atoms with Crippen LogP contribution >= 0.6 is 0 Å². The van der Waals surface area contributed by atoms with Crippen molar-refractivity contribution in [1.82, 2.24) is 5.32 Å². The molecule has 0 aliphatic carbocycles. The summed E-state index contributed by atoms with van der Waals surface area (Å²) in [5.41, 5.74) is 3.04. The number of aryl methyl sites for hydroxylation is 1. The number of carbonyl (C=O) groups is 1. The van der Waals surface area contributed by atoms with Crippen LogP contribution in [0.15, 0.2) is 42.5 Å². The minimum absolute atomic E-state index is 0.184. The number of ether oxygens (including phenoxy) is 1. The summed E-state index contributed by atoms with van der Waals surface area (Å²) in [4.78, 5) is 12.5. The third kappa shape index (κ3) is 4.60. The molecular formula is C20H24N2O4S. The maximum absolute atomic E-state index is 12.5. The van der Waals surface area contributed by atoms with Crippen LogP contribution in [0.25, 0.3) is 0 Å². The monoisotopic (exact) mass is 388 g/mol. The van der Waals surface area contributed by atoms with Crippen molar-refractivity contribution in [2.24, 2.45) is 0 Å². The van der Waals surface area contributed by atoms with Crippen LogP contribution < -0.4 is 14.4 Å². The Balaban J connectivity index is 1.72. The summed E-state index contributed by atoms with van der Waals surface area (Å²) >= 11 is 0. The van der Waals surface area contributed by atoms with Gasteiger partial charge in [-0.15, -0.1) is 0 Å². The van der Waals surface area contributed by atoms with Crippen LogP contribution in [0.3, 0.4) is 0 Å². The van der Waals surface area contributed by atoms with E-state index in [2.05, 4.69) is 5.32 Å². The maximum atomic E-state index is 12.5. The Labute approximate surface area is 160 Å². The van der Waals surface area contributed by atoms with E-state index in [1.54, 1.807) is 18.2 Å². The highest BCUT2D eigenvalue weighted by Gasteiger charge is 2.24. The van der Waals surface area contributed by atoms with E-state index < -0.39 is 10.0 Å². The molecule has 0 fully saturated rings. The van der Waals surface area contributed by atoms with Gasteiger partial charge in [0.1, 0.15) is 5.75 Å². The molecule has 0 unspecified atom stereocenters. The standard InChI is InChI=1S/C20H24N2O4S/c1-3-26-18-8-4-6-15(12-18)14-21-20(23)17-9-10-19-16(13-17)7-5-11-22(19)27(2,24)25/h4,6,8-10,12-13H,3,5,7,11,14H2,1-2H3,(H,21,23). The summed E-state index contributed by atoms with van der Waals surface area (Å²) in [6.07, 6.45) is 2.72. The summed E-state index contributed by atoms with van der Waals surface area (Å²) in [5, 5.41) is 2.91. The van der Waals surface area contributed by atoms with E-state index in [1.807, 2.05) is 31.2 Å². The smallest absolute Gasteiger partial charge is 0.251 e. The molecule has 3 rings (SSSR count). The highest BCUT2D eigenvalue weighted by Crippen LogP contribution is 2.29. The zero-order valence-corrected chi connectivity index (χ0v) is 16.4. The van der Waals surface area contributed by atoms with Crippen LogP contribution in [0.5, 0.6) is 5.75 Å². The first-order chi connectivity index (χ1) is 12.9. The Morgan fingerprint density at radius 1 is 1.22 bits per heavy atom. The third-order valence-electron chi connectivity index (χ3n) is 4.48. The van der Waals surface area contributed by atoms with Gasteiger partial charge in [-0.1, -0.05) is 12.1 Å². The number of nitrogens with zero attached hydrogens (tertiary/aromatic N) is 1. The summed E-state index contributed by atoms with van der Waals surface area (Å²) in [5.74, 6) is 0.593. The lowest BCUT2D eigenvalue weighted by atomic mass is 10.0. The molecule has 1 aliphatic heterocycles. The Kier molecular flexibility index (Phi) is 5.70. The van der Waals surface area contributed by atoms with Crippen molar-refractivity contribution in [3.05, 3.63) is 59.2 Å². The molecule has 0 radical (unpaired) electrons. The molecule has 144 valence electrons. The number of hydrogen-bond acceptors (Lipinski definition) is 4. The molecule has 0 spiro atoms. The fourth-order valence-corrected chi connectivity index (χ4v) is 4.24. The van der Waals surface area contributed by atoms with E-state index in [-0.39, 0.29) is 5.91 Å². The quantitative estimate of drug-likeness (QED) is 0.826. The van der Waals surface area contributed by atoms with Gasteiger partial charge in [-0.3, -0.25) is 9.10 Å². The first kappa shape index (κ1) is 19.2. The summed E-state index contributed by atoms with van der Waals surface area (Å²) in [6.45, 7) is 3.39. The van der Waals surface area contributed by atoms with Crippen LogP contribution in [-0.2, 0) is 23.0 Å². The van der Waals surface area contributed by atoms with Gasteiger partial charge in [0.15, 0.2) is 0 Å². The highest BCUT2D eigenvalue weighted by molar-refractivity contribution is 7.92. The molecule has 0 bridgehead atoms. The average Bonchev–Trinajstić information content (AvgIpc) is 2.65. The topological polar surface area (TPSA) is 75.7 Å². The Morgan fingerprint density at radius 3 is 2.78 bits per heavy atom. The number of nitrogens with one attached hydrogen (secondary N) is 1. The molecular weight excluding hydrogens is 364 g/mol. The number of rotatable bonds is 6. The van der Waals surface area contributed by atoms with Gasteiger partial charge in [-0.2, -0.15) is 0 Å². The van der Waals surface area contributed by atoms with E-state index >= 15 is 0 Å². The largest absolute Gasteiger partial charge is 0.494 e. The molecule has 6 nitrogen and oxygen atoms in total. The second-order valence-corrected chi connectivity index (χ2v) is 8.45. The summed E-state index contributed by atoms with van der Waals surface area (Å²) < 4.78 is 30.8. The van der Waals surface area contributed by atoms with Crippen LogP contribution in [0, 0.1) is 0 Å². The van der Waals surface area contributed by atoms with Crippen molar-refractivity contribution in [2.45, 2.75) is 26.3 Å². The van der Waals surface area contributed by atoms with Crippen LogP contribution in [0.1, 0.15) is 34.8 Å².